The van der Waals surface area contributed by atoms with Gasteiger partial charge in [0.05, 0.1) is 11.9 Å². The Morgan fingerprint density at radius 2 is 2.00 bits per heavy atom. The molecule has 0 bridgehead atoms. The van der Waals surface area contributed by atoms with Crippen molar-refractivity contribution in [3.8, 4) is 11.4 Å². The monoisotopic (exact) mass is 324 g/mol. The molecule has 10 heteroatoms. The largest absolute Gasteiger partial charge is 0.349 e. The van der Waals surface area contributed by atoms with Crippen molar-refractivity contribution in [1.29, 1.82) is 0 Å². The lowest BCUT2D eigenvalue weighted by Crippen LogP contribution is -2.43. The molecule has 2 heterocycles. The Labute approximate surface area is 126 Å². The summed E-state index contributed by atoms with van der Waals surface area (Å²) in [6.07, 6.45) is 6.36. The van der Waals surface area contributed by atoms with Crippen LogP contribution in [0.2, 0.25) is 0 Å². The topological polar surface area (TPSA) is 126 Å². The number of aromatic nitrogens is 4. The molecule has 0 aromatic carbocycles. The molecular formula is C12H14N5O4S+. The van der Waals surface area contributed by atoms with Gasteiger partial charge in [-0.15, -0.1) is 5.10 Å². The van der Waals surface area contributed by atoms with Gasteiger partial charge >= 0.3 is 0 Å². The van der Waals surface area contributed by atoms with Crippen LogP contribution in [0, 0.1) is 0 Å². The second-order valence-corrected chi connectivity index (χ2v) is 5.93. The predicted molar refractivity (Wildman–Crippen MR) is 74.9 cm³/mol. The first-order chi connectivity index (χ1) is 10.4. The first-order valence-corrected chi connectivity index (χ1v) is 7.90. The zero-order valence-corrected chi connectivity index (χ0v) is 12.3. The molecule has 2 rings (SSSR count). The van der Waals surface area contributed by atoms with Crippen molar-refractivity contribution in [2.24, 2.45) is 0 Å². The summed E-state index contributed by atoms with van der Waals surface area (Å²) in [5.74, 6) is -0.396. The maximum Gasteiger partial charge on any atom is 0.286 e. The van der Waals surface area contributed by atoms with Crippen molar-refractivity contribution in [3.63, 3.8) is 0 Å². The van der Waals surface area contributed by atoms with Gasteiger partial charge in [0.1, 0.15) is 0 Å². The number of hydrogen-bond donors (Lipinski definition) is 2. The van der Waals surface area contributed by atoms with Crippen LogP contribution in [0.1, 0.15) is 0 Å². The Kier molecular flexibility index (Phi) is 5.07. The third kappa shape index (κ3) is 5.14. The fourth-order valence-corrected chi connectivity index (χ4v) is 1.99. The lowest BCUT2D eigenvalue weighted by atomic mass is 10.2. The van der Waals surface area contributed by atoms with E-state index in [9.17, 15) is 13.2 Å². The van der Waals surface area contributed by atoms with Gasteiger partial charge in [-0.05, 0) is 0 Å². The maximum atomic E-state index is 11.6. The lowest BCUT2D eigenvalue weighted by Gasteiger charge is -2.02. The molecule has 0 saturated carbocycles. The molecule has 0 spiro atoms. The number of nitrogens with one attached hydrogen (secondary N) is 1. The van der Waals surface area contributed by atoms with E-state index in [2.05, 4.69) is 20.5 Å². The van der Waals surface area contributed by atoms with E-state index in [4.69, 9.17) is 4.55 Å². The molecule has 0 unspecified atom stereocenters. The van der Waals surface area contributed by atoms with Crippen LogP contribution < -0.4 is 9.88 Å². The summed E-state index contributed by atoms with van der Waals surface area (Å²) >= 11 is 0. The van der Waals surface area contributed by atoms with Crippen molar-refractivity contribution in [2.75, 3.05) is 12.3 Å². The van der Waals surface area contributed by atoms with Crippen molar-refractivity contribution < 1.29 is 22.3 Å². The maximum absolute atomic E-state index is 11.6. The average molecular weight is 324 g/mol. The van der Waals surface area contributed by atoms with E-state index in [-0.39, 0.29) is 19.0 Å². The Morgan fingerprint density at radius 3 is 2.59 bits per heavy atom. The third-order valence-corrected chi connectivity index (χ3v) is 3.36. The van der Waals surface area contributed by atoms with Crippen LogP contribution in [-0.2, 0) is 21.5 Å². The summed E-state index contributed by atoms with van der Waals surface area (Å²) in [5, 5.41) is 10.0. The van der Waals surface area contributed by atoms with Crippen molar-refractivity contribution >= 4 is 16.0 Å². The van der Waals surface area contributed by atoms with Gasteiger partial charge < -0.3 is 5.32 Å². The molecule has 0 radical (unpaired) electrons. The first-order valence-electron chi connectivity index (χ1n) is 6.29. The van der Waals surface area contributed by atoms with E-state index >= 15 is 0 Å². The zero-order chi connectivity index (χ0) is 16.0. The summed E-state index contributed by atoms with van der Waals surface area (Å²) in [6.45, 7) is -0.112. The number of carbonyl (C=O) groups is 1. The number of hydrogen-bond acceptors (Lipinski definition) is 6. The summed E-state index contributed by atoms with van der Waals surface area (Å²) in [4.78, 5) is 15.7. The van der Waals surface area contributed by atoms with Crippen LogP contribution in [0.15, 0.2) is 36.9 Å². The SMILES string of the molecule is O=C(C[n+]1ccc(-c2nccnn2)cc1)NCCS(=O)(=O)O. The number of nitrogens with zero attached hydrogens (tertiary/aromatic N) is 4. The normalized spacial score (nSPS) is 11.1. The number of carbonyl (C=O) groups excluding carboxylic acids is 1. The van der Waals surface area contributed by atoms with Gasteiger partial charge in [0.15, 0.2) is 18.2 Å². The molecule has 2 aromatic heterocycles. The van der Waals surface area contributed by atoms with Gasteiger partial charge in [0.25, 0.3) is 16.0 Å². The number of amides is 1. The van der Waals surface area contributed by atoms with Crippen LogP contribution >= 0.6 is 0 Å². The summed E-state index contributed by atoms with van der Waals surface area (Å²) in [5.41, 5.74) is 0.760. The Hall–Kier alpha value is -2.46. The highest BCUT2D eigenvalue weighted by atomic mass is 32.2. The molecular weight excluding hydrogens is 310 g/mol. The molecule has 0 aliphatic carbocycles. The minimum Gasteiger partial charge on any atom is -0.349 e. The molecule has 1 amide bonds. The van der Waals surface area contributed by atoms with Gasteiger partial charge in [0.2, 0.25) is 6.54 Å². The average Bonchev–Trinajstić information content (AvgIpc) is 2.47. The van der Waals surface area contributed by atoms with Crippen molar-refractivity contribution in [2.45, 2.75) is 6.54 Å². The Bertz CT molecular complexity index is 734. The van der Waals surface area contributed by atoms with E-state index in [1.165, 1.54) is 12.4 Å². The van der Waals surface area contributed by atoms with Gasteiger partial charge in [-0.3, -0.25) is 9.35 Å². The fourth-order valence-electron chi connectivity index (χ4n) is 1.63. The molecule has 116 valence electrons. The van der Waals surface area contributed by atoms with Crippen molar-refractivity contribution in [3.05, 3.63) is 36.9 Å². The van der Waals surface area contributed by atoms with Crippen molar-refractivity contribution in [1.82, 2.24) is 20.5 Å². The molecule has 9 nitrogen and oxygen atoms in total. The number of pyridine rings is 1. The molecule has 0 aliphatic rings. The Balaban J connectivity index is 1.90. The Morgan fingerprint density at radius 1 is 1.27 bits per heavy atom. The quantitative estimate of drug-likeness (QED) is 0.506. The molecule has 2 N–H and O–H groups in total. The summed E-state index contributed by atoms with van der Waals surface area (Å²) < 4.78 is 31.2. The van der Waals surface area contributed by atoms with Crippen LogP contribution in [0.4, 0.5) is 0 Å². The molecule has 2 aromatic rings. The van der Waals surface area contributed by atoms with Gasteiger partial charge in [0, 0.05) is 30.4 Å². The van der Waals surface area contributed by atoms with Gasteiger partial charge in [-0.2, -0.15) is 18.1 Å². The standard InChI is InChI=1S/C12H13N5O4S/c18-11(13-5-8-22(19,20)21)9-17-6-1-10(2-7-17)12-14-3-4-15-16-12/h1-4,6-7H,5,8-9H2,(H-,13,18,19,20,21)/p+1. The fraction of sp³-hybridized carbons (Fsp3) is 0.250. The van der Waals surface area contributed by atoms with Crippen LogP contribution in [0.3, 0.4) is 0 Å². The highest BCUT2D eigenvalue weighted by Gasteiger charge is 2.11. The molecule has 0 fully saturated rings. The van der Waals surface area contributed by atoms with Gasteiger partial charge in [-0.1, -0.05) is 0 Å². The molecule has 0 aliphatic heterocycles. The highest BCUT2D eigenvalue weighted by Crippen LogP contribution is 2.09. The van der Waals surface area contributed by atoms with E-state index in [1.54, 1.807) is 29.1 Å². The minimum atomic E-state index is -4.07. The molecule has 0 saturated heterocycles. The highest BCUT2D eigenvalue weighted by molar-refractivity contribution is 7.85. The van der Waals surface area contributed by atoms with E-state index in [0.717, 1.165) is 5.56 Å². The van der Waals surface area contributed by atoms with E-state index in [0.29, 0.717) is 5.82 Å². The van der Waals surface area contributed by atoms with Crippen LogP contribution in [0.25, 0.3) is 11.4 Å². The summed E-state index contributed by atoms with van der Waals surface area (Å²) in [6, 6.07) is 3.48. The summed E-state index contributed by atoms with van der Waals surface area (Å²) in [7, 11) is -4.07. The van der Waals surface area contributed by atoms with E-state index < -0.39 is 15.9 Å². The second-order valence-electron chi connectivity index (χ2n) is 4.36. The van der Waals surface area contributed by atoms with Gasteiger partial charge in [-0.25, -0.2) is 4.98 Å². The minimum absolute atomic E-state index is 0.0274. The second kappa shape index (κ2) is 7.00. The molecule has 0 atom stereocenters. The first kappa shape index (κ1) is 15.9. The third-order valence-electron chi connectivity index (χ3n) is 2.64. The molecule has 22 heavy (non-hydrogen) atoms. The van der Waals surface area contributed by atoms with E-state index in [1.807, 2.05) is 0 Å². The predicted octanol–water partition coefficient (Wildman–Crippen LogP) is -1.17. The lowest BCUT2D eigenvalue weighted by molar-refractivity contribution is -0.684. The smallest absolute Gasteiger partial charge is 0.286 e. The van der Waals surface area contributed by atoms with Crippen LogP contribution in [-0.4, -0.2) is 46.4 Å². The number of rotatable bonds is 6. The van der Waals surface area contributed by atoms with Crippen LogP contribution in [0.5, 0.6) is 0 Å². The zero-order valence-electron chi connectivity index (χ0n) is 11.5.